The molecule has 0 spiro atoms. The number of carbonyl (C=O) groups is 1. The highest BCUT2D eigenvalue weighted by Crippen LogP contribution is 2.29. The summed E-state index contributed by atoms with van der Waals surface area (Å²) in [4.78, 5) is 16.9. The molecule has 1 saturated carbocycles. The molecule has 30 heavy (non-hydrogen) atoms. The van der Waals surface area contributed by atoms with E-state index < -0.39 is 0 Å². The number of aliphatic imine (C=N–C) groups is 1. The molecule has 2 aromatic carbocycles. The number of anilines is 2. The zero-order valence-corrected chi connectivity index (χ0v) is 17.6. The summed E-state index contributed by atoms with van der Waals surface area (Å²) in [7, 11) is 3.19. The third kappa shape index (κ3) is 5.89. The lowest BCUT2D eigenvalue weighted by Gasteiger charge is -2.20. The molecule has 0 aliphatic heterocycles. The van der Waals surface area contributed by atoms with Crippen LogP contribution in [0.1, 0.15) is 37.7 Å². The van der Waals surface area contributed by atoms with Crippen molar-refractivity contribution in [3.05, 3.63) is 48.0 Å². The van der Waals surface area contributed by atoms with Crippen LogP contribution in [0.5, 0.6) is 11.5 Å². The van der Waals surface area contributed by atoms with Gasteiger partial charge < -0.3 is 25.8 Å². The summed E-state index contributed by atoms with van der Waals surface area (Å²) in [6, 6.07) is 13.1. The molecular formula is C23H30N4O3. The fourth-order valence-electron chi connectivity index (χ4n) is 3.62. The van der Waals surface area contributed by atoms with E-state index in [0.717, 1.165) is 36.9 Å². The molecule has 0 atom stereocenters. The van der Waals surface area contributed by atoms with Gasteiger partial charge in [-0.25, -0.2) is 4.99 Å². The maximum absolute atomic E-state index is 12.5. The van der Waals surface area contributed by atoms with Crippen molar-refractivity contribution in [2.45, 2.75) is 38.6 Å². The van der Waals surface area contributed by atoms with Crippen molar-refractivity contribution >= 4 is 23.2 Å². The molecule has 160 valence electrons. The second kappa shape index (κ2) is 10.5. The Hall–Kier alpha value is -3.22. The molecule has 1 amide bonds. The predicted octanol–water partition coefficient (Wildman–Crippen LogP) is 4.15. The Kier molecular flexibility index (Phi) is 7.54. The summed E-state index contributed by atoms with van der Waals surface area (Å²) in [5, 5.41) is 6.09. The third-order valence-electron chi connectivity index (χ3n) is 5.27. The Balaban J connectivity index is 1.61. The van der Waals surface area contributed by atoms with E-state index in [4.69, 9.17) is 15.2 Å². The van der Waals surface area contributed by atoms with Crippen LogP contribution >= 0.6 is 0 Å². The summed E-state index contributed by atoms with van der Waals surface area (Å²) in [6.45, 7) is 0.387. The normalized spacial score (nSPS) is 14.8. The molecule has 0 heterocycles. The van der Waals surface area contributed by atoms with E-state index in [1.807, 2.05) is 30.3 Å². The van der Waals surface area contributed by atoms with E-state index in [1.54, 1.807) is 26.4 Å². The van der Waals surface area contributed by atoms with Crippen LogP contribution in [0.2, 0.25) is 0 Å². The summed E-state index contributed by atoms with van der Waals surface area (Å²) < 4.78 is 10.6. The van der Waals surface area contributed by atoms with Crippen LogP contribution in [0, 0.1) is 5.92 Å². The Morgan fingerprint density at radius 3 is 2.60 bits per heavy atom. The van der Waals surface area contributed by atoms with Gasteiger partial charge in [0, 0.05) is 17.7 Å². The van der Waals surface area contributed by atoms with Gasteiger partial charge in [0.25, 0.3) is 0 Å². The standard InChI is InChI=1S/C23H30N4O3/c1-29-19-11-12-21(30-2)20(14-19)27-23(24)25-15-16-7-6-10-18(13-16)26-22(28)17-8-4-3-5-9-17/h6-7,10-14,17H,3-5,8-9,15H2,1-2H3,(H,26,28)(H3,24,25,27). The van der Waals surface area contributed by atoms with E-state index in [-0.39, 0.29) is 17.8 Å². The number of ether oxygens (including phenoxy) is 2. The zero-order valence-electron chi connectivity index (χ0n) is 17.6. The van der Waals surface area contributed by atoms with Gasteiger partial charge >= 0.3 is 0 Å². The number of amides is 1. The molecule has 0 unspecified atom stereocenters. The van der Waals surface area contributed by atoms with Gasteiger partial charge in [-0.2, -0.15) is 0 Å². The van der Waals surface area contributed by atoms with E-state index in [0.29, 0.717) is 23.7 Å². The van der Waals surface area contributed by atoms with Crippen molar-refractivity contribution in [2.75, 3.05) is 24.9 Å². The first-order valence-corrected chi connectivity index (χ1v) is 10.3. The molecule has 4 N–H and O–H groups in total. The minimum absolute atomic E-state index is 0.113. The van der Waals surface area contributed by atoms with E-state index in [1.165, 1.54) is 6.42 Å². The molecule has 3 rings (SSSR count). The van der Waals surface area contributed by atoms with E-state index >= 15 is 0 Å². The van der Waals surface area contributed by atoms with Crippen LogP contribution in [0.3, 0.4) is 0 Å². The van der Waals surface area contributed by atoms with Gasteiger partial charge in [0.15, 0.2) is 5.96 Å². The molecule has 0 bridgehead atoms. The average molecular weight is 411 g/mol. The molecule has 0 aromatic heterocycles. The maximum atomic E-state index is 12.5. The predicted molar refractivity (Wildman–Crippen MR) is 120 cm³/mol. The Bertz CT molecular complexity index is 892. The first kappa shape index (κ1) is 21.5. The van der Waals surface area contributed by atoms with Crippen LogP contribution in [0.4, 0.5) is 11.4 Å². The van der Waals surface area contributed by atoms with Gasteiger partial charge in [-0.1, -0.05) is 31.4 Å². The van der Waals surface area contributed by atoms with Gasteiger partial charge in [-0.3, -0.25) is 4.79 Å². The SMILES string of the molecule is COc1ccc(OC)c(NC(N)=NCc2cccc(NC(=O)C3CCCCC3)c2)c1. The van der Waals surface area contributed by atoms with Gasteiger partial charge in [0.05, 0.1) is 26.5 Å². The number of hydrogen-bond acceptors (Lipinski definition) is 4. The van der Waals surface area contributed by atoms with Gasteiger partial charge in [0.1, 0.15) is 11.5 Å². The highest BCUT2D eigenvalue weighted by Gasteiger charge is 2.21. The average Bonchev–Trinajstić information content (AvgIpc) is 2.78. The molecule has 1 aliphatic carbocycles. The van der Waals surface area contributed by atoms with Crippen molar-refractivity contribution in [2.24, 2.45) is 16.6 Å². The van der Waals surface area contributed by atoms with Crippen LogP contribution in [0.15, 0.2) is 47.5 Å². The second-order valence-electron chi connectivity index (χ2n) is 7.42. The minimum atomic E-state index is 0.113. The third-order valence-corrected chi connectivity index (χ3v) is 5.27. The summed E-state index contributed by atoms with van der Waals surface area (Å²) in [5.41, 5.74) is 8.48. The Morgan fingerprint density at radius 1 is 1.07 bits per heavy atom. The summed E-state index contributed by atoms with van der Waals surface area (Å²) in [6.07, 6.45) is 5.46. The number of nitrogens with two attached hydrogens (primary N) is 1. The molecule has 1 fully saturated rings. The number of methoxy groups -OCH3 is 2. The Labute approximate surface area is 177 Å². The molecule has 1 aliphatic rings. The highest BCUT2D eigenvalue weighted by atomic mass is 16.5. The number of guanidine groups is 1. The van der Waals surface area contributed by atoms with Crippen molar-refractivity contribution in [1.82, 2.24) is 0 Å². The van der Waals surface area contributed by atoms with Crippen molar-refractivity contribution < 1.29 is 14.3 Å². The number of carbonyl (C=O) groups excluding carboxylic acids is 1. The molecule has 0 radical (unpaired) electrons. The summed E-state index contributed by atoms with van der Waals surface area (Å²) >= 11 is 0. The lowest BCUT2D eigenvalue weighted by Crippen LogP contribution is -2.24. The first-order chi connectivity index (χ1) is 14.6. The largest absolute Gasteiger partial charge is 0.497 e. The van der Waals surface area contributed by atoms with Gasteiger partial charge in [0.2, 0.25) is 5.91 Å². The van der Waals surface area contributed by atoms with Crippen molar-refractivity contribution in [1.29, 1.82) is 0 Å². The van der Waals surface area contributed by atoms with Crippen molar-refractivity contribution in [3.8, 4) is 11.5 Å². The molecule has 2 aromatic rings. The van der Waals surface area contributed by atoms with E-state index in [2.05, 4.69) is 15.6 Å². The molecule has 7 heteroatoms. The molecule has 0 saturated heterocycles. The number of benzene rings is 2. The van der Waals surface area contributed by atoms with Crippen LogP contribution in [0.25, 0.3) is 0 Å². The quantitative estimate of drug-likeness (QED) is 0.470. The fourth-order valence-corrected chi connectivity index (χ4v) is 3.62. The molecular weight excluding hydrogens is 380 g/mol. The number of hydrogen-bond donors (Lipinski definition) is 3. The first-order valence-electron chi connectivity index (χ1n) is 10.3. The second-order valence-corrected chi connectivity index (χ2v) is 7.42. The Morgan fingerprint density at radius 2 is 1.87 bits per heavy atom. The van der Waals surface area contributed by atoms with Gasteiger partial charge in [-0.05, 0) is 42.7 Å². The number of rotatable bonds is 7. The van der Waals surface area contributed by atoms with E-state index in [9.17, 15) is 4.79 Å². The topological polar surface area (TPSA) is 98.0 Å². The van der Waals surface area contributed by atoms with Crippen LogP contribution < -0.4 is 25.8 Å². The highest BCUT2D eigenvalue weighted by molar-refractivity contribution is 5.94. The zero-order chi connectivity index (χ0) is 21.3. The molecule has 7 nitrogen and oxygen atoms in total. The smallest absolute Gasteiger partial charge is 0.227 e. The maximum Gasteiger partial charge on any atom is 0.227 e. The van der Waals surface area contributed by atoms with Gasteiger partial charge in [-0.15, -0.1) is 0 Å². The number of nitrogens with zero attached hydrogens (tertiary/aromatic N) is 1. The fraction of sp³-hybridized carbons (Fsp3) is 0.391. The lowest BCUT2D eigenvalue weighted by atomic mass is 9.88. The van der Waals surface area contributed by atoms with Crippen LogP contribution in [-0.2, 0) is 11.3 Å². The monoisotopic (exact) mass is 410 g/mol. The van der Waals surface area contributed by atoms with Crippen LogP contribution in [-0.4, -0.2) is 26.1 Å². The minimum Gasteiger partial charge on any atom is -0.497 e. The lowest BCUT2D eigenvalue weighted by molar-refractivity contribution is -0.120. The summed E-state index contributed by atoms with van der Waals surface area (Å²) in [5.74, 6) is 1.83. The number of nitrogens with one attached hydrogen (secondary N) is 2. The van der Waals surface area contributed by atoms with Crippen molar-refractivity contribution in [3.63, 3.8) is 0 Å².